The molecular weight excluding hydrogens is 192 g/mol. The van der Waals surface area contributed by atoms with Crippen molar-refractivity contribution >= 4 is 16.8 Å². The predicted octanol–water partition coefficient (Wildman–Crippen LogP) is 4.36. The molecular formula is C16H14. The van der Waals surface area contributed by atoms with E-state index in [2.05, 4.69) is 49.1 Å². The minimum Gasteiger partial charge on any atom is -0.103 e. The molecule has 0 spiro atoms. The molecule has 2 aromatic rings. The van der Waals surface area contributed by atoms with Crippen LogP contribution in [0.25, 0.3) is 16.8 Å². The first-order chi connectivity index (χ1) is 7.88. The lowest BCUT2D eigenvalue weighted by molar-refractivity contribution is 1.11. The molecule has 0 heterocycles. The molecule has 0 fully saturated rings. The van der Waals surface area contributed by atoms with Crippen LogP contribution in [-0.4, -0.2) is 0 Å². The smallest absolute Gasteiger partial charge is 0.00545 e. The summed E-state index contributed by atoms with van der Waals surface area (Å²) < 4.78 is 0. The van der Waals surface area contributed by atoms with Gasteiger partial charge in [-0.2, -0.15) is 0 Å². The normalized spacial score (nSPS) is 13.6. The molecule has 0 N–H and O–H groups in total. The van der Waals surface area contributed by atoms with E-state index in [1.54, 1.807) is 0 Å². The quantitative estimate of drug-likeness (QED) is 0.640. The van der Waals surface area contributed by atoms with Crippen molar-refractivity contribution in [2.24, 2.45) is 0 Å². The van der Waals surface area contributed by atoms with Gasteiger partial charge in [-0.15, -0.1) is 6.58 Å². The van der Waals surface area contributed by atoms with Crippen molar-refractivity contribution < 1.29 is 0 Å². The van der Waals surface area contributed by atoms with Crippen LogP contribution in [0, 0.1) is 0 Å². The van der Waals surface area contributed by atoms with Gasteiger partial charge in [-0.1, -0.05) is 54.1 Å². The van der Waals surface area contributed by atoms with Crippen LogP contribution in [0.15, 0.2) is 54.6 Å². The summed E-state index contributed by atoms with van der Waals surface area (Å²) in [7, 11) is 0. The van der Waals surface area contributed by atoms with Crippen molar-refractivity contribution in [3.05, 3.63) is 65.8 Å². The fraction of sp³-hybridized carbons (Fsp3) is 0.125. The van der Waals surface area contributed by atoms with Crippen molar-refractivity contribution in [2.45, 2.75) is 12.8 Å². The zero-order valence-electron chi connectivity index (χ0n) is 9.24. The van der Waals surface area contributed by atoms with Crippen LogP contribution in [0.2, 0.25) is 0 Å². The Labute approximate surface area is 95.9 Å². The van der Waals surface area contributed by atoms with E-state index in [0.717, 1.165) is 12.8 Å². The number of rotatable bonds is 2. The molecule has 2 aromatic carbocycles. The molecule has 0 saturated heterocycles. The van der Waals surface area contributed by atoms with Gasteiger partial charge in [0.05, 0.1) is 0 Å². The summed E-state index contributed by atoms with van der Waals surface area (Å²) in [6.07, 6.45) is 6.41. The SMILES string of the molecule is C=CCC1=Cc2c(ccc3ccccc23)C1. The third-order valence-electron chi connectivity index (χ3n) is 3.23. The van der Waals surface area contributed by atoms with E-state index in [9.17, 15) is 0 Å². The van der Waals surface area contributed by atoms with Gasteiger partial charge in [-0.3, -0.25) is 0 Å². The van der Waals surface area contributed by atoms with Crippen molar-refractivity contribution in [3.63, 3.8) is 0 Å². The molecule has 0 heteroatoms. The predicted molar refractivity (Wildman–Crippen MR) is 70.4 cm³/mol. The fourth-order valence-corrected chi connectivity index (χ4v) is 2.48. The summed E-state index contributed by atoms with van der Waals surface area (Å²) in [5.74, 6) is 0. The monoisotopic (exact) mass is 206 g/mol. The van der Waals surface area contributed by atoms with Gasteiger partial charge >= 0.3 is 0 Å². The van der Waals surface area contributed by atoms with Crippen molar-refractivity contribution in [3.8, 4) is 0 Å². The highest BCUT2D eigenvalue weighted by atomic mass is 14.2. The van der Waals surface area contributed by atoms with E-state index in [1.165, 1.54) is 27.5 Å². The van der Waals surface area contributed by atoms with Crippen LogP contribution in [0.1, 0.15) is 17.5 Å². The lowest BCUT2D eigenvalue weighted by Crippen LogP contribution is -1.84. The number of allylic oxidation sites excluding steroid dienone is 2. The van der Waals surface area contributed by atoms with Gasteiger partial charge in [-0.05, 0) is 34.7 Å². The topological polar surface area (TPSA) is 0 Å². The van der Waals surface area contributed by atoms with Crippen LogP contribution < -0.4 is 0 Å². The molecule has 1 aliphatic carbocycles. The minimum absolute atomic E-state index is 1.00. The van der Waals surface area contributed by atoms with Crippen LogP contribution in [0.3, 0.4) is 0 Å². The third-order valence-corrected chi connectivity index (χ3v) is 3.23. The molecule has 0 aliphatic heterocycles. The molecule has 0 atom stereocenters. The van der Waals surface area contributed by atoms with Crippen molar-refractivity contribution in [1.29, 1.82) is 0 Å². The van der Waals surface area contributed by atoms with Crippen molar-refractivity contribution in [1.82, 2.24) is 0 Å². The van der Waals surface area contributed by atoms with Gasteiger partial charge in [0.2, 0.25) is 0 Å². The molecule has 0 unspecified atom stereocenters. The highest BCUT2D eigenvalue weighted by Crippen LogP contribution is 2.32. The largest absolute Gasteiger partial charge is 0.103 e. The minimum atomic E-state index is 1.00. The molecule has 0 amide bonds. The number of hydrogen-bond donors (Lipinski definition) is 0. The zero-order valence-corrected chi connectivity index (χ0v) is 9.24. The van der Waals surface area contributed by atoms with Gasteiger partial charge in [0.25, 0.3) is 0 Å². The van der Waals surface area contributed by atoms with Crippen LogP contribution in [0.5, 0.6) is 0 Å². The van der Waals surface area contributed by atoms with Gasteiger partial charge in [0.1, 0.15) is 0 Å². The lowest BCUT2D eigenvalue weighted by atomic mass is 10.0. The summed E-state index contributed by atoms with van der Waals surface area (Å²) in [6, 6.07) is 13.1. The summed E-state index contributed by atoms with van der Waals surface area (Å²) >= 11 is 0. The van der Waals surface area contributed by atoms with E-state index < -0.39 is 0 Å². The molecule has 0 aromatic heterocycles. The molecule has 0 saturated carbocycles. The highest BCUT2D eigenvalue weighted by Gasteiger charge is 2.13. The molecule has 1 aliphatic rings. The standard InChI is InChI=1S/C16H14/c1-2-5-12-10-14-9-8-13-6-3-4-7-15(13)16(14)11-12/h2-4,6-9,11H,1,5,10H2. The highest BCUT2D eigenvalue weighted by molar-refractivity contribution is 5.93. The second-order valence-electron chi connectivity index (χ2n) is 4.33. The zero-order chi connectivity index (χ0) is 11.0. The third kappa shape index (κ3) is 1.38. The van der Waals surface area contributed by atoms with E-state index in [4.69, 9.17) is 0 Å². The van der Waals surface area contributed by atoms with Gasteiger partial charge in [0.15, 0.2) is 0 Å². The Morgan fingerprint density at radius 1 is 1.12 bits per heavy atom. The van der Waals surface area contributed by atoms with Crippen LogP contribution in [0.4, 0.5) is 0 Å². The number of fused-ring (bicyclic) bond motifs is 3. The Morgan fingerprint density at radius 2 is 2.00 bits per heavy atom. The summed E-state index contributed by atoms with van der Waals surface area (Å²) in [6.45, 7) is 3.81. The molecule has 16 heavy (non-hydrogen) atoms. The number of benzene rings is 2. The van der Waals surface area contributed by atoms with E-state index in [-0.39, 0.29) is 0 Å². The maximum absolute atomic E-state index is 3.81. The Bertz CT molecular complexity index is 588. The molecule has 0 bridgehead atoms. The first-order valence-corrected chi connectivity index (χ1v) is 5.69. The summed E-state index contributed by atoms with van der Waals surface area (Å²) in [4.78, 5) is 0. The molecule has 0 nitrogen and oxygen atoms in total. The Hall–Kier alpha value is -1.82. The Balaban J connectivity index is 2.21. The average Bonchev–Trinajstić information content (AvgIpc) is 2.72. The molecule has 3 rings (SSSR count). The van der Waals surface area contributed by atoms with E-state index in [0.29, 0.717) is 0 Å². The molecule has 78 valence electrons. The number of hydrogen-bond acceptors (Lipinski definition) is 0. The molecule has 0 radical (unpaired) electrons. The maximum Gasteiger partial charge on any atom is -0.00545 e. The van der Waals surface area contributed by atoms with Crippen molar-refractivity contribution in [2.75, 3.05) is 0 Å². The summed E-state index contributed by atoms with van der Waals surface area (Å²) in [5, 5.41) is 2.71. The second kappa shape index (κ2) is 3.64. The lowest BCUT2D eigenvalue weighted by Gasteiger charge is -2.03. The van der Waals surface area contributed by atoms with E-state index >= 15 is 0 Å². The van der Waals surface area contributed by atoms with Gasteiger partial charge < -0.3 is 0 Å². The van der Waals surface area contributed by atoms with Crippen LogP contribution >= 0.6 is 0 Å². The first kappa shape index (κ1) is 9.41. The van der Waals surface area contributed by atoms with Gasteiger partial charge in [0, 0.05) is 0 Å². The summed E-state index contributed by atoms with van der Waals surface area (Å²) in [5.41, 5.74) is 4.34. The Kier molecular flexibility index (Phi) is 2.14. The second-order valence-corrected chi connectivity index (χ2v) is 4.33. The fourth-order valence-electron chi connectivity index (χ4n) is 2.48. The average molecular weight is 206 g/mol. The van der Waals surface area contributed by atoms with Gasteiger partial charge in [-0.25, -0.2) is 0 Å². The first-order valence-electron chi connectivity index (χ1n) is 5.69. The van der Waals surface area contributed by atoms with E-state index in [1.807, 2.05) is 6.08 Å². The maximum atomic E-state index is 3.81. The Morgan fingerprint density at radius 3 is 2.88 bits per heavy atom. The van der Waals surface area contributed by atoms with Crippen LogP contribution in [-0.2, 0) is 6.42 Å².